The predicted molar refractivity (Wildman–Crippen MR) is 130 cm³/mol. The molecule has 0 aliphatic carbocycles. The Labute approximate surface area is 199 Å². The van der Waals surface area contributed by atoms with E-state index in [-0.39, 0.29) is 11.5 Å². The molecule has 2 aromatic carbocycles. The zero-order valence-corrected chi connectivity index (χ0v) is 19.6. The molecule has 7 nitrogen and oxygen atoms in total. The van der Waals surface area contributed by atoms with E-state index >= 15 is 0 Å². The first-order valence-electron chi connectivity index (χ1n) is 10.7. The molecule has 5 rings (SSSR count). The molecule has 2 aromatic heterocycles. The number of hydrogen-bond donors (Lipinski definition) is 0. The van der Waals surface area contributed by atoms with E-state index in [2.05, 4.69) is 15.0 Å². The summed E-state index contributed by atoms with van der Waals surface area (Å²) in [6, 6.07) is 16.6. The number of fused-ring (bicyclic) bond motifs is 1. The minimum absolute atomic E-state index is 0.0608. The van der Waals surface area contributed by atoms with Crippen LogP contribution in [0.5, 0.6) is 0 Å². The number of piperazine rings is 1. The van der Waals surface area contributed by atoms with Crippen molar-refractivity contribution in [1.82, 2.24) is 24.4 Å². The minimum atomic E-state index is -0.201. The topological polar surface area (TPSA) is 70.8 Å². The number of carbonyl (C=O) groups is 1. The number of aryl methyl sites for hydroxylation is 1. The first-order valence-corrected chi connectivity index (χ1v) is 11.9. The number of rotatable bonds is 4. The summed E-state index contributed by atoms with van der Waals surface area (Å²) in [5.74, 6) is 0.0608. The Morgan fingerprint density at radius 2 is 1.82 bits per heavy atom. The van der Waals surface area contributed by atoms with Gasteiger partial charge in [-0.15, -0.1) is 0 Å². The number of hydrogen-bond acceptors (Lipinski definition) is 6. The molecule has 0 spiro atoms. The van der Waals surface area contributed by atoms with E-state index in [1.54, 1.807) is 6.07 Å². The predicted octanol–water partition coefficient (Wildman–Crippen LogP) is 3.74. The van der Waals surface area contributed by atoms with Crippen molar-refractivity contribution >= 4 is 33.8 Å². The number of aromatic nitrogens is 3. The summed E-state index contributed by atoms with van der Waals surface area (Å²) < 4.78 is 1.34. The first kappa shape index (κ1) is 21.8. The summed E-state index contributed by atoms with van der Waals surface area (Å²) in [5.41, 5.74) is 3.22. The van der Waals surface area contributed by atoms with Gasteiger partial charge in [0.25, 0.3) is 11.5 Å². The third-order valence-corrected chi connectivity index (χ3v) is 6.91. The summed E-state index contributed by atoms with van der Waals surface area (Å²) >= 11 is 7.45. The van der Waals surface area contributed by atoms with Gasteiger partial charge in [0.05, 0.1) is 5.69 Å². The SMILES string of the molecule is Cc1ccc(C(=O)N2CCN(Cc3cc(=O)n4nc(-c5cccc(Cl)c5)sc4n3)CC2)cc1. The van der Waals surface area contributed by atoms with Crippen LogP contribution >= 0.6 is 22.9 Å². The molecule has 0 radical (unpaired) electrons. The van der Waals surface area contributed by atoms with E-state index in [1.165, 1.54) is 21.9 Å². The number of halogens is 1. The van der Waals surface area contributed by atoms with Crippen LogP contribution in [0.15, 0.2) is 59.4 Å². The molecule has 33 heavy (non-hydrogen) atoms. The average Bonchev–Trinajstić information content (AvgIpc) is 3.25. The van der Waals surface area contributed by atoms with Gasteiger partial charge >= 0.3 is 0 Å². The Balaban J connectivity index is 1.27. The molecule has 1 saturated heterocycles. The molecular weight excluding hydrogens is 458 g/mol. The third-order valence-electron chi connectivity index (χ3n) is 5.71. The molecule has 1 aliphatic rings. The van der Waals surface area contributed by atoms with Crippen molar-refractivity contribution in [2.45, 2.75) is 13.5 Å². The van der Waals surface area contributed by atoms with E-state index in [0.29, 0.717) is 40.3 Å². The van der Waals surface area contributed by atoms with E-state index in [4.69, 9.17) is 11.6 Å². The molecule has 0 saturated carbocycles. The Hall–Kier alpha value is -3.07. The fraction of sp³-hybridized carbons (Fsp3) is 0.250. The highest BCUT2D eigenvalue weighted by molar-refractivity contribution is 7.19. The molecule has 168 valence electrons. The summed E-state index contributed by atoms with van der Waals surface area (Å²) in [7, 11) is 0. The zero-order valence-electron chi connectivity index (χ0n) is 18.1. The van der Waals surface area contributed by atoms with Gasteiger partial charge in [-0.3, -0.25) is 14.5 Å². The minimum Gasteiger partial charge on any atom is -0.336 e. The molecule has 1 fully saturated rings. The van der Waals surface area contributed by atoms with E-state index in [0.717, 1.165) is 29.8 Å². The van der Waals surface area contributed by atoms with E-state index in [9.17, 15) is 9.59 Å². The molecule has 0 atom stereocenters. The van der Waals surface area contributed by atoms with Crippen LogP contribution in [0, 0.1) is 6.92 Å². The normalized spacial score (nSPS) is 14.7. The largest absolute Gasteiger partial charge is 0.336 e. The van der Waals surface area contributed by atoms with Crippen molar-refractivity contribution in [2.75, 3.05) is 26.2 Å². The van der Waals surface area contributed by atoms with Gasteiger partial charge in [0.2, 0.25) is 4.96 Å². The van der Waals surface area contributed by atoms with E-state index in [1.807, 2.05) is 54.3 Å². The number of nitrogens with zero attached hydrogens (tertiary/aromatic N) is 5. The Morgan fingerprint density at radius 3 is 2.55 bits per heavy atom. The fourth-order valence-corrected chi connectivity index (χ4v) is 5.00. The second-order valence-corrected chi connectivity index (χ2v) is 9.52. The van der Waals surface area contributed by atoms with Gasteiger partial charge in [-0.1, -0.05) is 52.8 Å². The highest BCUT2D eigenvalue weighted by Crippen LogP contribution is 2.26. The maximum Gasteiger partial charge on any atom is 0.275 e. The van der Waals surface area contributed by atoms with Gasteiger partial charge in [-0.05, 0) is 31.2 Å². The molecule has 3 heterocycles. The number of amides is 1. The lowest BCUT2D eigenvalue weighted by molar-refractivity contribution is 0.0627. The average molecular weight is 480 g/mol. The zero-order chi connectivity index (χ0) is 22.9. The summed E-state index contributed by atoms with van der Waals surface area (Å²) in [4.78, 5) is 34.7. The standard InChI is InChI=1S/C24H22ClN5O2S/c1-16-5-7-17(8-6-16)23(32)29-11-9-28(10-12-29)15-20-14-21(31)30-24(26-20)33-22(27-30)18-3-2-4-19(25)13-18/h2-8,13-14H,9-12,15H2,1H3. The van der Waals surface area contributed by atoms with Crippen LogP contribution in [0.1, 0.15) is 21.6 Å². The van der Waals surface area contributed by atoms with Crippen LogP contribution in [-0.4, -0.2) is 56.5 Å². The van der Waals surface area contributed by atoms with Crippen molar-refractivity contribution in [3.05, 3.63) is 86.8 Å². The van der Waals surface area contributed by atoms with Crippen LogP contribution in [0.2, 0.25) is 5.02 Å². The van der Waals surface area contributed by atoms with Gasteiger partial charge in [0, 0.05) is 54.9 Å². The second kappa shape index (κ2) is 9.05. The van der Waals surface area contributed by atoms with Crippen molar-refractivity contribution in [1.29, 1.82) is 0 Å². The quantitative estimate of drug-likeness (QED) is 0.446. The molecule has 1 aliphatic heterocycles. The van der Waals surface area contributed by atoms with Crippen LogP contribution in [-0.2, 0) is 6.54 Å². The molecule has 0 bridgehead atoms. The van der Waals surface area contributed by atoms with Gasteiger partial charge in [-0.2, -0.15) is 9.61 Å². The lowest BCUT2D eigenvalue weighted by Crippen LogP contribution is -2.48. The maximum atomic E-state index is 12.7. The molecular formula is C24H22ClN5O2S. The molecule has 0 unspecified atom stereocenters. The van der Waals surface area contributed by atoms with Crippen LogP contribution < -0.4 is 5.56 Å². The summed E-state index contributed by atoms with van der Waals surface area (Å²) in [6.45, 7) is 5.32. The molecule has 1 amide bonds. The maximum absolute atomic E-state index is 12.7. The van der Waals surface area contributed by atoms with Gasteiger partial charge in [-0.25, -0.2) is 4.98 Å². The molecule has 9 heteroatoms. The highest BCUT2D eigenvalue weighted by atomic mass is 35.5. The molecule has 4 aromatic rings. The lowest BCUT2D eigenvalue weighted by Gasteiger charge is -2.34. The van der Waals surface area contributed by atoms with Gasteiger partial charge < -0.3 is 4.90 Å². The Kier molecular flexibility index (Phi) is 5.97. The van der Waals surface area contributed by atoms with Crippen molar-refractivity contribution in [2.24, 2.45) is 0 Å². The van der Waals surface area contributed by atoms with Gasteiger partial charge in [0.1, 0.15) is 5.01 Å². The molecule has 0 N–H and O–H groups in total. The van der Waals surface area contributed by atoms with Crippen LogP contribution in [0.25, 0.3) is 15.5 Å². The summed E-state index contributed by atoms with van der Waals surface area (Å²) in [5, 5.41) is 5.73. The van der Waals surface area contributed by atoms with Crippen LogP contribution in [0.3, 0.4) is 0 Å². The van der Waals surface area contributed by atoms with Crippen molar-refractivity contribution in [3.8, 4) is 10.6 Å². The third kappa shape index (κ3) is 4.68. The fourth-order valence-electron chi connectivity index (χ4n) is 3.89. The number of benzene rings is 2. The highest BCUT2D eigenvalue weighted by Gasteiger charge is 2.23. The van der Waals surface area contributed by atoms with Crippen molar-refractivity contribution < 1.29 is 4.79 Å². The smallest absolute Gasteiger partial charge is 0.275 e. The van der Waals surface area contributed by atoms with E-state index < -0.39 is 0 Å². The van der Waals surface area contributed by atoms with Gasteiger partial charge in [0.15, 0.2) is 0 Å². The lowest BCUT2D eigenvalue weighted by atomic mass is 10.1. The monoisotopic (exact) mass is 479 g/mol. The summed E-state index contributed by atoms with van der Waals surface area (Å²) in [6.07, 6.45) is 0. The first-order chi connectivity index (χ1) is 16.0. The van der Waals surface area contributed by atoms with Crippen molar-refractivity contribution in [3.63, 3.8) is 0 Å². The second-order valence-electron chi connectivity index (χ2n) is 8.13. The Morgan fingerprint density at radius 1 is 1.06 bits per heavy atom. The van der Waals surface area contributed by atoms with Crippen LogP contribution in [0.4, 0.5) is 0 Å². The number of carbonyl (C=O) groups excluding carboxylic acids is 1. The Bertz CT molecular complexity index is 1370.